The number of barbiturate groups is 1. The monoisotopic (exact) mass is 340 g/mol. The van der Waals surface area contributed by atoms with Crippen LogP contribution < -0.4 is 5.32 Å². The molecule has 0 radical (unpaired) electrons. The third kappa shape index (κ3) is 3.65. The summed E-state index contributed by atoms with van der Waals surface area (Å²) in [4.78, 5) is 38.4. The second kappa shape index (κ2) is 7.21. The number of hydrogen-bond acceptors (Lipinski definition) is 3. The molecule has 1 aliphatic heterocycles. The molecule has 1 aliphatic carbocycles. The number of imide groups is 2. The van der Waals surface area contributed by atoms with Crippen LogP contribution >= 0.6 is 0 Å². The second-order valence-corrected chi connectivity index (χ2v) is 7.11. The van der Waals surface area contributed by atoms with Crippen molar-refractivity contribution in [1.82, 2.24) is 10.2 Å². The zero-order valence-corrected chi connectivity index (χ0v) is 14.7. The van der Waals surface area contributed by atoms with Gasteiger partial charge in [0, 0.05) is 6.04 Å². The third-order valence-corrected chi connectivity index (χ3v) is 4.99. The molecule has 2 aliphatic rings. The van der Waals surface area contributed by atoms with Crippen molar-refractivity contribution in [3.63, 3.8) is 0 Å². The molecule has 132 valence electrons. The van der Waals surface area contributed by atoms with Gasteiger partial charge in [-0.2, -0.15) is 0 Å². The molecule has 25 heavy (non-hydrogen) atoms. The molecule has 4 amide bonds. The van der Waals surface area contributed by atoms with Crippen molar-refractivity contribution in [2.75, 3.05) is 0 Å². The SMILES string of the molecule is CC(C)c1ccc(C=C2C(=O)NC(=O)N(C3CCCCC3)C2=O)cc1. The highest BCUT2D eigenvalue weighted by Crippen LogP contribution is 2.26. The molecule has 1 aromatic carbocycles. The number of nitrogens with one attached hydrogen (secondary N) is 1. The van der Waals surface area contributed by atoms with Gasteiger partial charge in [0.2, 0.25) is 0 Å². The second-order valence-electron chi connectivity index (χ2n) is 7.11. The molecular formula is C20H24N2O3. The first-order valence-electron chi connectivity index (χ1n) is 8.98. The van der Waals surface area contributed by atoms with Crippen molar-refractivity contribution in [2.24, 2.45) is 0 Å². The topological polar surface area (TPSA) is 66.5 Å². The molecule has 3 rings (SSSR count). The first-order valence-corrected chi connectivity index (χ1v) is 8.98. The molecule has 1 saturated heterocycles. The van der Waals surface area contributed by atoms with E-state index in [1.54, 1.807) is 6.08 Å². The van der Waals surface area contributed by atoms with E-state index in [0.717, 1.165) is 37.7 Å². The third-order valence-electron chi connectivity index (χ3n) is 4.99. The standard InChI is InChI=1S/C20H24N2O3/c1-13(2)15-10-8-14(9-11-15)12-17-18(23)21-20(25)22(19(17)24)16-6-4-3-5-7-16/h8-13,16H,3-7H2,1-2H3,(H,21,23,25). The van der Waals surface area contributed by atoms with E-state index in [4.69, 9.17) is 0 Å². The maximum absolute atomic E-state index is 12.8. The molecule has 5 heteroatoms. The lowest BCUT2D eigenvalue weighted by molar-refractivity contribution is -0.132. The van der Waals surface area contributed by atoms with Gasteiger partial charge in [0.05, 0.1) is 0 Å². The molecule has 0 aromatic heterocycles. The molecule has 5 nitrogen and oxygen atoms in total. The first kappa shape index (κ1) is 17.4. The Hall–Kier alpha value is -2.43. The molecule has 0 spiro atoms. The molecule has 2 fully saturated rings. The lowest BCUT2D eigenvalue weighted by Crippen LogP contribution is -2.58. The van der Waals surface area contributed by atoms with Crippen LogP contribution in [0.2, 0.25) is 0 Å². The molecule has 0 unspecified atom stereocenters. The van der Waals surface area contributed by atoms with Crippen LogP contribution in [0.15, 0.2) is 29.8 Å². The molecule has 0 bridgehead atoms. The lowest BCUT2D eigenvalue weighted by Gasteiger charge is -2.35. The van der Waals surface area contributed by atoms with E-state index in [0.29, 0.717) is 5.92 Å². The molecule has 1 N–H and O–H groups in total. The van der Waals surface area contributed by atoms with Crippen LogP contribution in [0.3, 0.4) is 0 Å². The fraction of sp³-hybridized carbons (Fsp3) is 0.450. The number of urea groups is 1. The van der Waals surface area contributed by atoms with Crippen LogP contribution in [0, 0.1) is 0 Å². The van der Waals surface area contributed by atoms with Crippen LogP contribution in [0.1, 0.15) is 63.0 Å². The van der Waals surface area contributed by atoms with Gasteiger partial charge in [-0.3, -0.25) is 19.8 Å². The number of rotatable bonds is 3. The average Bonchev–Trinajstić information content (AvgIpc) is 2.60. The number of carbonyl (C=O) groups is 3. The summed E-state index contributed by atoms with van der Waals surface area (Å²) >= 11 is 0. The highest BCUT2D eigenvalue weighted by molar-refractivity contribution is 6.31. The number of amides is 4. The number of nitrogens with zero attached hydrogens (tertiary/aromatic N) is 1. The van der Waals surface area contributed by atoms with E-state index in [-0.39, 0.29) is 11.6 Å². The van der Waals surface area contributed by atoms with Gasteiger partial charge in [0.15, 0.2) is 0 Å². The molecule has 1 saturated carbocycles. The summed E-state index contributed by atoms with van der Waals surface area (Å²) < 4.78 is 0. The minimum atomic E-state index is -0.616. The first-order chi connectivity index (χ1) is 12.0. The zero-order chi connectivity index (χ0) is 18.0. The maximum Gasteiger partial charge on any atom is 0.331 e. The van der Waals surface area contributed by atoms with Crippen molar-refractivity contribution in [2.45, 2.75) is 57.9 Å². The highest BCUT2D eigenvalue weighted by atomic mass is 16.2. The quantitative estimate of drug-likeness (QED) is 0.675. The number of hydrogen-bond donors (Lipinski definition) is 1. The van der Waals surface area contributed by atoms with Crippen molar-refractivity contribution < 1.29 is 14.4 Å². The van der Waals surface area contributed by atoms with Crippen molar-refractivity contribution in [1.29, 1.82) is 0 Å². The van der Waals surface area contributed by atoms with Crippen LogP contribution in [-0.4, -0.2) is 28.8 Å². The van der Waals surface area contributed by atoms with Gasteiger partial charge in [-0.25, -0.2) is 4.79 Å². The Morgan fingerprint density at radius 2 is 1.68 bits per heavy atom. The Labute approximate surface area is 148 Å². The number of carbonyl (C=O) groups excluding carboxylic acids is 3. The Morgan fingerprint density at radius 3 is 2.28 bits per heavy atom. The summed E-state index contributed by atoms with van der Waals surface area (Å²) in [6.45, 7) is 4.22. The Morgan fingerprint density at radius 1 is 1.04 bits per heavy atom. The summed E-state index contributed by atoms with van der Waals surface area (Å²) in [7, 11) is 0. The van der Waals surface area contributed by atoms with Gasteiger partial charge < -0.3 is 0 Å². The van der Waals surface area contributed by atoms with Gasteiger partial charge in [-0.15, -0.1) is 0 Å². The van der Waals surface area contributed by atoms with E-state index in [1.807, 2.05) is 24.3 Å². The molecule has 1 aromatic rings. The average molecular weight is 340 g/mol. The van der Waals surface area contributed by atoms with Crippen LogP contribution in [0.5, 0.6) is 0 Å². The van der Waals surface area contributed by atoms with Crippen molar-refractivity contribution >= 4 is 23.9 Å². The summed E-state index contributed by atoms with van der Waals surface area (Å²) in [6.07, 6.45) is 6.33. The fourth-order valence-corrected chi connectivity index (χ4v) is 3.49. The van der Waals surface area contributed by atoms with Crippen molar-refractivity contribution in [3.8, 4) is 0 Å². The van der Waals surface area contributed by atoms with E-state index >= 15 is 0 Å². The van der Waals surface area contributed by atoms with Gasteiger partial charge in [0.25, 0.3) is 11.8 Å². The molecule has 1 heterocycles. The fourth-order valence-electron chi connectivity index (χ4n) is 3.49. The van der Waals surface area contributed by atoms with Gasteiger partial charge >= 0.3 is 6.03 Å². The van der Waals surface area contributed by atoms with E-state index in [9.17, 15) is 14.4 Å². The Bertz CT molecular complexity index is 713. The van der Waals surface area contributed by atoms with Crippen LogP contribution in [-0.2, 0) is 9.59 Å². The summed E-state index contributed by atoms with van der Waals surface area (Å²) in [6, 6.07) is 7.07. The Kier molecular flexibility index (Phi) is 5.02. The normalized spacial score (nSPS) is 21.2. The predicted molar refractivity (Wildman–Crippen MR) is 95.8 cm³/mol. The lowest BCUT2D eigenvalue weighted by atomic mass is 9.93. The Balaban J connectivity index is 1.87. The molecular weight excluding hydrogens is 316 g/mol. The highest BCUT2D eigenvalue weighted by Gasteiger charge is 2.40. The maximum atomic E-state index is 12.8. The largest absolute Gasteiger partial charge is 0.331 e. The number of benzene rings is 1. The predicted octanol–water partition coefficient (Wildman–Crippen LogP) is 3.60. The van der Waals surface area contributed by atoms with E-state index < -0.39 is 17.8 Å². The van der Waals surface area contributed by atoms with Crippen molar-refractivity contribution in [3.05, 3.63) is 41.0 Å². The zero-order valence-electron chi connectivity index (χ0n) is 14.7. The smallest absolute Gasteiger partial charge is 0.273 e. The minimum Gasteiger partial charge on any atom is -0.273 e. The van der Waals surface area contributed by atoms with Crippen LogP contribution in [0.4, 0.5) is 4.79 Å². The summed E-state index contributed by atoms with van der Waals surface area (Å²) in [5.74, 6) is -0.677. The van der Waals surface area contributed by atoms with Crippen LogP contribution in [0.25, 0.3) is 6.08 Å². The summed E-state index contributed by atoms with van der Waals surface area (Å²) in [5.41, 5.74) is 2.00. The summed E-state index contributed by atoms with van der Waals surface area (Å²) in [5, 5.41) is 2.32. The molecule has 0 atom stereocenters. The minimum absolute atomic E-state index is 0.0301. The van der Waals surface area contributed by atoms with E-state index in [2.05, 4.69) is 19.2 Å². The van der Waals surface area contributed by atoms with Gasteiger partial charge in [-0.05, 0) is 36.0 Å². The van der Waals surface area contributed by atoms with Gasteiger partial charge in [0.1, 0.15) is 5.57 Å². The van der Waals surface area contributed by atoms with Gasteiger partial charge in [-0.1, -0.05) is 57.4 Å². The van der Waals surface area contributed by atoms with E-state index in [1.165, 1.54) is 10.5 Å².